The van der Waals surface area contributed by atoms with Crippen LogP contribution in [0.4, 0.5) is 5.69 Å². The van der Waals surface area contributed by atoms with E-state index in [9.17, 15) is 9.59 Å². The number of nitrogens with zero attached hydrogens (tertiary/aromatic N) is 1. The number of carbonyl (C=O) groups excluding carboxylic acids is 2. The summed E-state index contributed by atoms with van der Waals surface area (Å²) < 4.78 is 6.60. The van der Waals surface area contributed by atoms with Crippen molar-refractivity contribution in [3.05, 3.63) is 91.9 Å². The molecule has 3 aromatic carbocycles. The Morgan fingerprint density at radius 2 is 1.78 bits per heavy atom. The number of ether oxygens (including phenoxy) is 1. The van der Waals surface area contributed by atoms with Gasteiger partial charge in [-0.2, -0.15) is 5.10 Å². The van der Waals surface area contributed by atoms with Gasteiger partial charge in [0.1, 0.15) is 12.4 Å². The number of nitrogens with one attached hydrogen (secondary N) is 2. The Morgan fingerprint density at radius 1 is 1.03 bits per heavy atom. The highest BCUT2D eigenvalue weighted by molar-refractivity contribution is 9.10. The zero-order valence-electron chi connectivity index (χ0n) is 16.9. The number of rotatable bonds is 6. The van der Waals surface area contributed by atoms with Crippen LogP contribution in [0.25, 0.3) is 0 Å². The zero-order chi connectivity index (χ0) is 23.1. The maximum Gasteiger partial charge on any atom is 0.329 e. The summed E-state index contributed by atoms with van der Waals surface area (Å²) in [6.45, 7) is 2.13. The number of carbonyl (C=O) groups is 2. The predicted octanol–water partition coefficient (Wildman–Crippen LogP) is 5.73. The average molecular weight is 535 g/mol. The van der Waals surface area contributed by atoms with E-state index in [1.54, 1.807) is 48.5 Å². The average Bonchev–Trinajstić information content (AvgIpc) is 2.76. The number of benzene rings is 3. The van der Waals surface area contributed by atoms with Gasteiger partial charge < -0.3 is 10.1 Å². The fourth-order valence-electron chi connectivity index (χ4n) is 2.61. The number of hydrogen-bond acceptors (Lipinski definition) is 4. The van der Waals surface area contributed by atoms with Gasteiger partial charge in [-0.15, -0.1) is 0 Å². The first-order chi connectivity index (χ1) is 15.3. The summed E-state index contributed by atoms with van der Waals surface area (Å²) in [5.41, 5.74) is 5.11. The van der Waals surface area contributed by atoms with Crippen LogP contribution in [-0.2, 0) is 16.2 Å². The van der Waals surface area contributed by atoms with Gasteiger partial charge in [0.25, 0.3) is 0 Å². The molecule has 0 aromatic heterocycles. The summed E-state index contributed by atoms with van der Waals surface area (Å²) in [7, 11) is 0. The highest BCUT2D eigenvalue weighted by Crippen LogP contribution is 2.23. The third-order valence-corrected chi connectivity index (χ3v) is 5.39. The van der Waals surface area contributed by atoms with Crippen LogP contribution in [-0.4, -0.2) is 18.0 Å². The fraction of sp³-hybridized carbons (Fsp3) is 0.0870. The van der Waals surface area contributed by atoms with Crippen LogP contribution < -0.4 is 15.5 Å². The SMILES string of the molecule is Cc1cc(Br)ccc1NC(=O)C(=O)NN=Cc1ccc(OCc2ccc(Cl)cc2Cl)cc1. The molecule has 0 aliphatic carbocycles. The lowest BCUT2D eigenvalue weighted by Crippen LogP contribution is -2.32. The van der Waals surface area contributed by atoms with Gasteiger partial charge in [0.05, 0.1) is 6.21 Å². The second-order valence-electron chi connectivity index (χ2n) is 6.71. The summed E-state index contributed by atoms with van der Waals surface area (Å²) in [4.78, 5) is 24.0. The van der Waals surface area contributed by atoms with E-state index >= 15 is 0 Å². The lowest BCUT2D eigenvalue weighted by molar-refractivity contribution is -0.136. The lowest BCUT2D eigenvalue weighted by Gasteiger charge is -2.08. The minimum absolute atomic E-state index is 0.298. The molecule has 0 spiro atoms. The Bertz CT molecular complexity index is 1170. The fourth-order valence-corrected chi connectivity index (χ4v) is 3.55. The van der Waals surface area contributed by atoms with Crippen molar-refractivity contribution in [2.45, 2.75) is 13.5 Å². The number of aryl methyl sites for hydroxylation is 1. The van der Waals surface area contributed by atoms with Crippen LogP contribution in [0.15, 0.2) is 70.2 Å². The third kappa shape index (κ3) is 6.82. The molecule has 0 heterocycles. The maximum atomic E-state index is 12.0. The number of anilines is 1. The van der Waals surface area contributed by atoms with E-state index in [1.165, 1.54) is 6.21 Å². The molecule has 0 saturated heterocycles. The minimum Gasteiger partial charge on any atom is -0.489 e. The Balaban J connectivity index is 1.49. The molecule has 0 aliphatic rings. The smallest absolute Gasteiger partial charge is 0.329 e. The van der Waals surface area contributed by atoms with Crippen molar-refractivity contribution in [3.63, 3.8) is 0 Å². The molecule has 2 N–H and O–H groups in total. The molecule has 2 amide bonds. The van der Waals surface area contributed by atoms with E-state index in [2.05, 4.69) is 31.8 Å². The van der Waals surface area contributed by atoms with Crippen molar-refractivity contribution in [2.75, 3.05) is 5.32 Å². The molecule has 0 atom stereocenters. The molecule has 0 aliphatic heterocycles. The van der Waals surface area contributed by atoms with Gasteiger partial charge in [0, 0.05) is 25.8 Å². The largest absolute Gasteiger partial charge is 0.489 e. The Labute approximate surface area is 203 Å². The van der Waals surface area contributed by atoms with Crippen LogP contribution in [0, 0.1) is 6.92 Å². The summed E-state index contributed by atoms with van der Waals surface area (Å²) in [5, 5.41) is 7.47. The van der Waals surface area contributed by atoms with E-state index in [-0.39, 0.29) is 0 Å². The lowest BCUT2D eigenvalue weighted by atomic mass is 10.2. The standard InChI is InChI=1S/C23H18BrCl2N3O3/c1-14-10-17(24)5-9-21(14)28-22(30)23(31)29-27-12-15-2-7-19(8-3-15)32-13-16-4-6-18(25)11-20(16)26/h2-12H,13H2,1H3,(H,28,30)(H,29,31). The maximum absolute atomic E-state index is 12.0. The van der Waals surface area contributed by atoms with Crippen molar-refractivity contribution in [1.29, 1.82) is 0 Å². The van der Waals surface area contributed by atoms with E-state index in [4.69, 9.17) is 27.9 Å². The molecule has 164 valence electrons. The number of hydrogen-bond donors (Lipinski definition) is 2. The second-order valence-corrected chi connectivity index (χ2v) is 8.47. The molecule has 0 bridgehead atoms. The first kappa shape index (κ1) is 23.8. The van der Waals surface area contributed by atoms with Gasteiger partial charge >= 0.3 is 11.8 Å². The summed E-state index contributed by atoms with van der Waals surface area (Å²) in [5.74, 6) is -1.04. The van der Waals surface area contributed by atoms with Gasteiger partial charge in [-0.25, -0.2) is 5.43 Å². The van der Waals surface area contributed by atoms with Crippen molar-refractivity contribution < 1.29 is 14.3 Å². The van der Waals surface area contributed by atoms with Gasteiger partial charge in [-0.3, -0.25) is 9.59 Å². The minimum atomic E-state index is -0.872. The van der Waals surface area contributed by atoms with Crippen molar-refractivity contribution >= 4 is 62.8 Å². The topological polar surface area (TPSA) is 79.8 Å². The molecular formula is C23H18BrCl2N3O3. The number of halogens is 3. The van der Waals surface area contributed by atoms with Crippen molar-refractivity contribution in [1.82, 2.24) is 5.43 Å². The number of amides is 2. The first-order valence-electron chi connectivity index (χ1n) is 9.39. The van der Waals surface area contributed by atoms with Gasteiger partial charge in [-0.1, -0.05) is 45.2 Å². The first-order valence-corrected chi connectivity index (χ1v) is 10.9. The zero-order valence-corrected chi connectivity index (χ0v) is 20.0. The van der Waals surface area contributed by atoms with Crippen LogP contribution in [0.3, 0.4) is 0 Å². The van der Waals surface area contributed by atoms with Crippen LogP contribution in [0.5, 0.6) is 5.75 Å². The quantitative estimate of drug-likeness (QED) is 0.241. The molecule has 0 radical (unpaired) electrons. The molecule has 32 heavy (non-hydrogen) atoms. The monoisotopic (exact) mass is 533 g/mol. The molecule has 9 heteroatoms. The predicted molar refractivity (Wildman–Crippen MR) is 130 cm³/mol. The van der Waals surface area contributed by atoms with E-state index in [0.717, 1.165) is 15.6 Å². The highest BCUT2D eigenvalue weighted by atomic mass is 79.9. The van der Waals surface area contributed by atoms with Crippen LogP contribution in [0.1, 0.15) is 16.7 Å². The molecule has 0 fully saturated rings. The number of hydrazone groups is 1. The molecule has 0 unspecified atom stereocenters. The summed E-state index contributed by atoms with van der Waals surface area (Å²) in [6, 6.07) is 17.6. The molecule has 3 aromatic rings. The van der Waals surface area contributed by atoms with Gasteiger partial charge in [-0.05, 0) is 72.6 Å². The Morgan fingerprint density at radius 3 is 2.47 bits per heavy atom. The summed E-state index contributed by atoms with van der Waals surface area (Å²) in [6.07, 6.45) is 1.43. The summed E-state index contributed by atoms with van der Waals surface area (Å²) >= 11 is 15.4. The van der Waals surface area contributed by atoms with E-state index < -0.39 is 11.8 Å². The van der Waals surface area contributed by atoms with Crippen molar-refractivity contribution in [3.8, 4) is 5.75 Å². The molecular weight excluding hydrogens is 517 g/mol. The van der Waals surface area contributed by atoms with E-state index in [0.29, 0.717) is 33.7 Å². The van der Waals surface area contributed by atoms with Crippen LogP contribution in [0.2, 0.25) is 10.0 Å². The highest BCUT2D eigenvalue weighted by Gasteiger charge is 2.14. The second kappa shape index (κ2) is 11.1. The molecule has 6 nitrogen and oxygen atoms in total. The Kier molecular flexibility index (Phi) is 8.27. The van der Waals surface area contributed by atoms with Gasteiger partial charge in [0.15, 0.2) is 0 Å². The van der Waals surface area contributed by atoms with E-state index in [1.807, 2.05) is 19.1 Å². The third-order valence-electron chi connectivity index (χ3n) is 4.31. The van der Waals surface area contributed by atoms with Gasteiger partial charge in [0.2, 0.25) is 0 Å². The normalized spacial score (nSPS) is 10.8. The molecule has 0 saturated carbocycles. The van der Waals surface area contributed by atoms with Crippen molar-refractivity contribution in [2.24, 2.45) is 5.10 Å². The molecule has 3 rings (SSSR count). The Hall–Kier alpha value is -2.87. The van der Waals surface area contributed by atoms with Crippen LogP contribution >= 0.6 is 39.1 Å².